The van der Waals surface area contributed by atoms with Crippen LogP contribution in [0.4, 0.5) is 44.5 Å². The molecular formula is C94H126Br3F2I3N30O2. The first kappa shape index (κ1) is 96.6. The van der Waals surface area contributed by atoms with Crippen LogP contribution in [-0.2, 0) is 9.47 Å². The van der Waals surface area contributed by atoms with Crippen molar-refractivity contribution in [1.29, 1.82) is 0 Å². The fourth-order valence-corrected chi connectivity index (χ4v) is 28.0. The van der Waals surface area contributed by atoms with Crippen molar-refractivity contribution in [2.24, 2.45) is 78.7 Å². The highest BCUT2D eigenvalue weighted by Crippen LogP contribution is 2.55. The fraction of sp³-hybridized carbons (Fsp3) is 0.617. The van der Waals surface area contributed by atoms with Gasteiger partial charge in [-0.15, -0.1) is 0 Å². The van der Waals surface area contributed by atoms with Gasteiger partial charge in [-0.2, -0.15) is 0 Å². The van der Waals surface area contributed by atoms with E-state index in [2.05, 4.69) is 246 Å². The molecule has 0 amide bonds. The van der Waals surface area contributed by atoms with Gasteiger partial charge >= 0.3 is 0 Å². The van der Waals surface area contributed by atoms with Gasteiger partial charge in [0.25, 0.3) is 0 Å². The second-order valence-electron chi connectivity index (χ2n) is 41.4. The van der Waals surface area contributed by atoms with Gasteiger partial charge in [0.05, 0.1) is 49.6 Å². The molecule has 20 heterocycles. The molecule has 32 nitrogen and oxygen atoms in total. The Morgan fingerprint density at radius 2 is 0.537 bits per heavy atom. The summed E-state index contributed by atoms with van der Waals surface area (Å²) in [5, 5.41) is 0. The van der Waals surface area contributed by atoms with Crippen molar-refractivity contribution in [3.8, 4) is 0 Å². The molecular weight excluding hydrogens is 2240 g/mol. The summed E-state index contributed by atoms with van der Waals surface area (Å²) < 4.78 is 58.6. The second-order valence-corrected chi connectivity index (χ2v) is 47.5. The van der Waals surface area contributed by atoms with Crippen LogP contribution in [0.15, 0.2) is 125 Å². The zero-order valence-corrected chi connectivity index (χ0v) is 88.5. The van der Waals surface area contributed by atoms with Crippen molar-refractivity contribution in [1.82, 2.24) is 86.2 Å². The van der Waals surface area contributed by atoms with Crippen LogP contribution in [0.25, 0.3) is 33.9 Å². The molecule has 8 aliphatic heterocycles. The summed E-state index contributed by atoms with van der Waals surface area (Å²) in [6.45, 7) is 25.2. The molecule has 0 bridgehead atoms. The molecule has 12 atom stereocenters. The van der Waals surface area contributed by atoms with Gasteiger partial charge in [0.15, 0.2) is 33.9 Å². The third-order valence-electron chi connectivity index (χ3n) is 32.8. The third-order valence-corrected chi connectivity index (χ3v) is 36.8. The molecule has 12 aromatic rings. The van der Waals surface area contributed by atoms with E-state index in [0.717, 1.165) is 249 Å². The Morgan fingerprint density at radius 1 is 0.313 bits per heavy atom. The highest BCUT2D eigenvalue weighted by Gasteiger charge is 2.56. The summed E-state index contributed by atoms with van der Waals surface area (Å²) in [5.41, 5.74) is 42.6. The van der Waals surface area contributed by atoms with Crippen LogP contribution in [0.3, 0.4) is 0 Å². The number of nitrogens with two attached hydrogens (primary N) is 6. The van der Waals surface area contributed by atoms with Gasteiger partial charge < -0.3 is 73.3 Å². The number of aromatic nitrogens is 18. The van der Waals surface area contributed by atoms with Crippen LogP contribution in [0, 0.1) is 55.0 Å². The summed E-state index contributed by atoms with van der Waals surface area (Å²) in [5.74, 6) is 7.29. The topological polar surface area (TPSA) is 375 Å². The maximum absolute atomic E-state index is 14.4. The van der Waals surface area contributed by atoms with E-state index >= 15 is 0 Å². The molecule has 40 heteroatoms. The molecule has 0 aromatic carbocycles. The molecule has 4 aliphatic carbocycles. The minimum absolute atomic E-state index is 0.0300. The Kier molecular flexibility index (Phi) is 27.8. The molecule has 6 spiro atoms. The number of rotatable bonds is 6. The summed E-state index contributed by atoms with van der Waals surface area (Å²) in [6.07, 6.45) is 53.9. The number of hydrogen-bond donors (Lipinski definition) is 6. The average Bonchev–Trinajstić information content (AvgIpc) is 1.60. The van der Waals surface area contributed by atoms with E-state index in [4.69, 9.17) is 43.9 Å². The number of piperidine rings is 6. The first-order chi connectivity index (χ1) is 64.2. The molecule has 12 N–H and O–H groups in total. The standard InChI is InChI=1S/C16H21BrFN5.C16H22BrN5.C16H21FIN5.C16H22IN5.C15H20BrN5O.C15H20IN5O/c1-15(18)8-12(19)16(10-15)2-5-22(6-3-16)14-21-9-11(17)13-20-4-7-23(13)14;1-11-8-13(18)16(9-11)2-5-21(6-3-16)15-20-10-12(17)14-19-4-7-22(14)15;1-15(17)8-12(19)16(10-15)2-5-22(6-3-16)14-21-9-11(18)13-20-4-7-23(13)14;1-11-8-13(18)16(9-11)2-5-21(6-3-16)15-20-10-12(17)14-19-4-7-22(14)15;2*1-10-12(17)15(9-22-10)2-5-20(6-3-15)14-19-8-11(16)13-18-4-7-21(13)14/h4,7,9,12H,2-3,5-6,8,10,19H2,1H3;4,7,10-11,13H,2-3,5-6,8-9,18H2,1H3;4,7,9,12H,2-3,5-6,8,10,19H2,1H3;4,7,10-11,13H,2-3,5-6,8-9,18H2,1H3;2*4,7-8,10,12H,2-3,5-6,9,17H2,1H3/t12-,15?;11-,13+;12-,15?;11-,13+;2*10-,12+/m101000/s1. The van der Waals surface area contributed by atoms with Gasteiger partial charge in [-0.3, -0.25) is 26.4 Å². The molecule has 12 aromatic heterocycles. The highest BCUT2D eigenvalue weighted by molar-refractivity contribution is 14.1. The zero-order valence-electron chi connectivity index (χ0n) is 77.2. The maximum atomic E-state index is 14.4. The van der Waals surface area contributed by atoms with E-state index in [1.165, 1.54) is 51.4 Å². The Labute approximate surface area is 847 Å². The fourth-order valence-electron chi connectivity index (χ4n) is 25.2. The van der Waals surface area contributed by atoms with Crippen LogP contribution < -0.4 is 63.8 Å². The van der Waals surface area contributed by atoms with E-state index in [-0.39, 0.29) is 58.0 Å². The van der Waals surface area contributed by atoms with E-state index in [0.29, 0.717) is 48.6 Å². The lowest BCUT2D eigenvalue weighted by Crippen LogP contribution is -2.51. The summed E-state index contributed by atoms with van der Waals surface area (Å²) >= 11 is 17.3. The minimum Gasteiger partial charge on any atom is -0.376 e. The Hall–Kier alpha value is -6.31. The predicted octanol–water partition coefficient (Wildman–Crippen LogP) is 14.7. The first-order valence-electron chi connectivity index (χ1n) is 47.7. The molecule has 2 unspecified atom stereocenters. The van der Waals surface area contributed by atoms with E-state index in [1.54, 1.807) is 38.6 Å². The zero-order chi connectivity index (χ0) is 93.8. The van der Waals surface area contributed by atoms with Gasteiger partial charge in [0, 0.05) is 237 Å². The smallest absolute Gasteiger partial charge is 0.211 e. The summed E-state index contributed by atoms with van der Waals surface area (Å²) in [6, 6.07) is 0.968. The average molecular weight is 2370 g/mol. The lowest BCUT2D eigenvalue weighted by Gasteiger charge is -2.42. The molecule has 12 fully saturated rings. The monoisotopic (exact) mass is 2360 g/mol. The number of hydrogen-bond acceptors (Lipinski definition) is 26. The van der Waals surface area contributed by atoms with Crippen molar-refractivity contribution >= 4 is 185 Å². The number of anilines is 6. The summed E-state index contributed by atoms with van der Waals surface area (Å²) in [4.78, 5) is 68.0. The van der Waals surface area contributed by atoms with E-state index in [9.17, 15) is 8.78 Å². The number of fused-ring (bicyclic) bond motifs is 6. The molecule has 24 rings (SSSR count). The van der Waals surface area contributed by atoms with Crippen molar-refractivity contribution < 1.29 is 18.3 Å². The molecule has 0 radical (unpaired) electrons. The number of nitrogens with zero attached hydrogens (tertiary/aromatic N) is 24. The van der Waals surface area contributed by atoms with Crippen LogP contribution >= 0.6 is 116 Å². The molecule has 12 aliphatic rings. The molecule has 8 saturated heterocycles. The van der Waals surface area contributed by atoms with Crippen LogP contribution in [-0.4, -0.2) is 238 Å². The molecule has 4 saturated carbocycles. The highest BCUT2D eigenvalue weighted by atomic mass is 127. The number of halogens is 8. The minimum atomic E-state index is -1.12. The Morgan fingerprint density at radius 3 is 0.754 bits per heavy atom. The van der Waals surface area contributed by atoms with Crippen molar-refractivity contribution in [3.63, 3.8) is 0 Å². The number of imidazole rings is 6. The normalized spacial score (nSPS) is 28.7. The van der Waals surface area contributed by atoms with Gasteiger partial charge in [0.2, 0.25) is 35.7 Å². The van der Waals surface area contributed by atoms with Gasteiger partial charge in [-0.1, -0.05) is 13.8 Å². The van der Waals surface area contributed by atoms with Gasteiger partial charge in [-0.05, 0) is 305 Å². The van der Waals surface area contributed by atoms with Gasteiger partial charge in [0.1, 0.15) is 11.3 Å². The molecule has 720 valence electrons. The largest absolute Gasteiger partial charge is 0.376 e. The lowest BCUT2D eigenvalue weighted by atomic mass is 9.73. The number of ether oxygens (including phenoxy) is 2. The van der Waals surface area contributed by atoms with Crippen LogP contribution in [0.5, 0.6) is 0 Å². The van der Waals surface area contributed by atoms with Gasteiger partial charge in [-0.25, -0.2) is 68.6 Å². The summed E-state index contributed by atoms with van der Waals surface area (Å²) in [7, 11) is 0. The van der Waals surface area contributed by atoms with Crippen LogP contribution in [0.2, 0.25) is 0 Å². The third kappa shape index (κ3) is 18.7. The quantitative estimate of drug-likeness (QED) is 0.0842. The lowest BCUT2D eigenvalue weighted by molar-refractivity contribution is 0.0972. The van der Waals surface area contributed by atoms with Crippen LogP contribution in [0.1, 0.15) is 170 Å². The Bertz CT molecular complexity index is 5590. The van der Waals surface area contributed by atoms with E-state index < -0.39 is 11.3 Å². The second kappa shape index (κ2) is 38.6. The Balaban J connectivity index is 0.000000103. The SMILES string of the molecule is CC1(F)C[C@@H](N)C2(CCN(c3ncc(Br)c4nccn34)CC2)C1.CC1(F)C[C@@H](N)C2(CCN(c3ncc(I)c4nccn34)CC2)C1.C[C@@H]1OCC2(CCN(c3ncc(Br)c4nccn34)CC2)[C@@H]1N.C[C@@H]1OCC2(CCN(c3ncc(I)c4nccn34)CC2)[C@@H]1N.C[C@H]1C[C@@H](N)C2(CCN(c3ncc(Br)c4nccn34)CC2)C1.C[C@H]1C[C@@H](N)C2(CCN(c3ncc(I)c4nccn34)CC2)C1. The number of alkyl halides is 2. The van der Waals surface area contributed by atoms with Crippen molar-refractivity contribution in [3.05, 3.63) is 136 Å². The molecule has 134 heavy (non-hydrogen) atoms. The predicted molar refractivity (Wildman–Crippen MR) is 555 cm³/mol. The van der Waals surface area contributed by atoms with Crippen molar-refractivity contribution in [2.75, 3.05) is 121 Å². The van der Waals surface area contributed by atoms with Crippen molar-refractivity contribution in [2.45, 2.75) is 230 Å². The first-order valence-corrected chi connectivity index (χ1v) is 53.3. The maximum Gasteiger partial charge on any atom is 0.211 e. The van der Waals surface area contributed by atoms with E-state index in [1.807, 2.05) is 100.0 Å².